The molecule has 2 bridgehead atoms. The molecular weight excluding hydrogens is 364 g/mol. The normalized spacial score (nSPS) is 25.7. The SMILES string of the molecule is CC(C(=O)Nc1ccc(F)cc1)C12CC(NC(=O)Nc3ccc(F)cc3)(C1)C2. The summed E-state index contributed by atoms with van der Waals surface area (Å²) in [4.78, 5) is 24.7. The Kier molecular flexibility index (Phi) is 4.33. The van der Waals surface area contributed by atoms with Gasteiger partial charge in [-0.25, -0.2) is 13.6 Å². The van der Waals surface area contributed by atoms with Crippen LogP contribution in [0.25, 0.3) is 0 Å². The molecule has 0 aromatic heterocycles. The minimum Gasteiger partial charge on any atom is -0.332 e. The van der Waals surface area contributed by atoms with Crippen LogP contribution in [0.3, 0.4) is 0 Å². The van der Waals surface area contributed by atoms with E-state index in [4.69, 9.17) is 0 Å². The van der Waals surface area contributed by atoms with Crippen molar-refractivity contribution in [1.29, 1.82) is 0 Å². The molecular formula is C21H21F2N3O2. The third-order valence-corrected chi connectivity index (χ3v) is 5.98. The Hall–Kier alpha value is -2.96. The topological polar surface area (TPSA) is 70.2 Å². The zero-order valence-electron chi connectivity index (χ0n) is 15.4. The summed E-state index contributed by atoms with van der Waals surface area (Å²) in [6.07, 6.45) is 2.23. The van der Waals surface area contributed by atoms with Crippen LogP contribution < -0.4 is 16.0 Å². The van der Waals surface area contributed by atoms with E-state index >= 15 is 0 Å². The van der Waals surface area contributed by atoms with Crippen molar-refractivity contribution in [3.63, 3.8) is 0 Å². The Balaban J connectivity index is 1.28. The summed E-state index contributed by atoms with van der Waals surface area (Å²) in [6, 6.07) is 10.9. The Labute approximate surface area is 161 Å². The molecule has 3 saturated carbocycles. The lowest BCUT2D eigenvalue weighted by Crippen LogP contribution is -2.77. The van der Waals surface area contributed by atoms with Crippen molar-refractivity contribution >= 4 is 23.3 Å². The smallest absolute Gasteiger partial charge is 0.319 e. The first-order valence-corrected chi connectivity index (χ1v) is 9.20. The van der Waals surface area contributed by atoms with E-state index in [1.165, 1.54) is 48.5 Å². The maximum absolute atomic E-state index is 13.0. The van der Waals surface area contributed by atoms with Gasteiger partial charge in [0.15, 0.2) is 0 Å². The molecule has 7 heteroatoms. The van der Waals surface area contributed by atoms with Gasteiger partial charge in [-0.3, -0.25) is 4.79 Å². The molecule has 5 rings (SSSR count). The Bertz CT molecular complexity index is 892. The van der Waals surface area contributed by atoms with Gasteiger partial charge in [0.25, 0.3) is 0 Å². The molecule has 0 saturated heterocycles. The van der Waals surface area contributed by atoms with Crippen molar-refractivity contribution in [2.24, 2.45) is 11.3 Å². The fourth-order valence-corrected chi connectivity index (χ4v) is 4.46. The van der Waals surface area contributed by atoms with Gasteiger partial charge in [-0.2, -0.15) is 0 Å². The molecule has 0 heterocycles. The van der Waals surface area contributed by atoms with Crippen LogP contribution in [-0.2, 0) is 4.79 Å². The maximum Gasteiger partial charge on any atom is 0.319 e. The number of carbonyl (C=O) groups excluding carboxylic acids is 2. The molecule has 1 unspecified atom stereocenters. The Morgan fingerprint density at radius 3 is 1.82 bits per heavy atom. The lowest BCUT2D eigenvalue weighted by molar-refractivity contribution is -0.183. The van der Waals surface area contributed by atoms with Crippen LogP contribution in [-0.4, -0.2) is 17.5 Å². The van der Waals surface area contributed by atoms with Crippen LogP contribution in [0.2, 0.25) is 0 Å². The number of amides is 3. The predicted octanol–water partition coefficient (Wildman–Crippen LogP) is 4.28. The first-order chi connectivity index (χ1) is 13.3. The molecule has 2 aromatic carbocycles. The maximum atomic E-state index is 13.0. The summed E-state index contributed by atoms with van der Waals surface area (Å²) < 4.78 is 25.9. The molecule has 146 valence electrons. The first-order valence-electron chi connectivity index (χ1n) is 9.20. The molecule has 3 N–H and O–H groups in total. The van der Waals surface area contributed by atoms with Crippen LogP contribution in [0, 0.1) is 23.0 Å². The van der Waals surface area contributed by atoms with Crippen molar-refractivity contribution in [1.82, 2.24) is 5.32 Å². The minimum absolute atomic E-state index is 0.101. The average molecular weight is 385 g/mol. The van der Waals surface area contributed by atoms with E-state index in [0.29, 0.717) is 11.4 Å². The van der Waals surface area contributed by atoms with E-state index in [2.05, 4.69) is 16.0 Å². The molecule has 0 spiro atoms. The molecule has 2 aromatic rings. The number of anilines is 2. The van der Waals surface area contributed by atoms with Crippen molar-refractivity contribution in [3.8, 4) is 0 Å². The first kappa shape index (κ1) is 18.4. The molecule has 3 aliphatic carbocycles. The number of nitrogens with one attached hydrogen (secondary N) is 3. The summed E-state index contributed by atoms with van der Waals surface area (Å²) in [5.41, 5.74) is 0.713. The molecule has 3 amide bonds. The average Bonchev–Trinajstić information content (AvgIpc) is 2.60. The molecule has 28 heavy (non-hydrogen) atoms. The number of halogens is 2. The largest absolute Gasteiger partial charge is 0.332 e. The van der Waals surface area contributed by atoms with E-state index in [9.17, 15) is 18.4 Å². The minimum atomic E-state index is -0.361. The third kappa shape index (κ3) is 3.32. The predicted molar refractivity (Wildman–Crippen MR) is 102 cm³/mol. The second-order valence-corrected chi connectivity index (χ2v) is 7.98. The van der Waals surface area contributed by atoms with Crippen molar-refractivity contribution in [2.45, 2.75) is 31.7 Å². The molecule has 1 atom stereocenters. The third-order valence-electron chi connectivity index (χ3n) is 5.98. The molecule has 0 aliphatic heterocycles. The number of hydrogen-bond acceptors (Lipinski definition) is 2. The zero-order valence-corrected chi connectivity index (χ0v) is 15.4. The number of carbonyl (C=O) groups is 2. The van der Waals surface area contributed by atoms with Gasteiger partial charge in [0.1, 0.15) is 11.6 Å². The summed E-state index contributed by atoms with van der Waals surface area (Å²) >= 11 is 0. The number of urea groups is 1. The van der Waals surface area contributed by atoms with Crippen molar-refractivity contribution in [2.75, 3.05) is 10.6 Å². The van der Waals surface area contributed by atoms with Crippen LogP contribution in [0.15, 0.2) is 48.5 Å². The fraction of sp³-hybridized carbons (Fsp3) is 0.333. The molecule has 5 nitrogen and oxygen atoms in total. The van der Waals surface area contributed by atoms with Gasteiger partial charge < -0.3 is 16.0 Å². The van der Waals surface area contributed by atoms with Gasteiger partial charge in [-0.1, -0.05) is 6.92 Å². The highest BCUT2D eigenvalue weighted by atomic mass is 19.1. The lowest BCUT2D eigenvalue weighted by Gasteiger charge is -2.72. The quantitative estimate of drug-likeness (QED) is 0.719. The highest BCUT2D eigenvalue weighted by Crippen LogP contribution is 2.70. The standard InChI is InChI=1S/C21H21F2N3O2/c1-13(18(27)24-16-6-2-14(22)3-7-16)20-10-21(11-20,12-20)26-19(28)25-17-8-4-15(23)5-9-17/h2-9,13H,10-12H2,1H3,(H,24,27)(H2,25,26,28). The zero-order chi connectivity index (χ0) is 19.9. The van der Waals surface area contributed by atoms with Crippen LogP contribution in [0.1, 0.15) is 26.2 Å². The second kappa shape index (κ2) is 6.58. The fourth-order valence-electron chi connectivity index (χ4n) is 4.46. The van der Waals surface area contributed by atoms with E-state index in [0.717, 1.165) is 19.3 Å². The Morgan fingerprint density at radius 1 is 0.857 bits per heavy atom. The van der Waals surface area contributed by atoms with Crippen LogP contribution in [0.4, 0.5) is 25.0 Å². The summed E-state index contributed by atoms with van der Waals surface area (Å²) in [5.74, 6) is -1.02. The van der Waals surface area contributed by atoms with Crippen molar-refractivity contribution in [3.05, 3.63) is 60.2 Å². The van der Waals surface area contributed by atoms with Gasteiger partial charge in [0.2, 0.25) is 5.91 Å². The van der Waals surface area contributed by atoms with E-state index in [-0.39, 0.29) is 40.4 Å². The second-order valence-electron chi connectivity index (χ2n) is 7.98. The summed E-state index contributed by atoms with van der Waals surface area (Å²) in [7, 11) is 0. The van der Waals surface area contributed by atoms with Gasteiger partial charge in [-0.15, -0.1) is 0 Å². The van der Waals surface area contributed by atoms with Gasteiger partial charge in [-0.05, 0) is 73.2 Å². The highest BCUT2D eigenvalue weighted by molar-refractivity contribution is 5.94. The lowest BCUT2D eigenvalue weighted by atomic mass is 9.36. The van der Waals surface area contributed by atoms with E-state index in [1.807, 2.05) is 6.92 Å². The number of hydrogen-bond donors (Lipinski definition) is 3. The van der Waals surface area contributed by atoms with Crippen LogP contribution >= 0.6 is 0 Å². The summed E-state index contributed by atoms with van der Waals surface area (Å²) in [5, 5.41) is 8.49. The van der Waals surface area contributed by atoms with Gasteiger partial charge in [0, 0.05) is 22.8 Å². The summed E-state index contributed by atoms with van der Waals surface area (Å²) in [6.45, 7) is 1.89. The molecule has 0 radical (unpaired) electrons. The van der Waals surface area contributed by atoms with Gasteiger partial charge in [0.05, 0.1) is 0 Å². The van der Waals surface area contributed by atoms with E-state index in [1.54, 1.807) is 0 Å². The Morgan fingerprint density at radius 2 is 1.32 bits per heavy atom. The molecule has 3 aliphatic rings. The monoisotopic (exact) mass is 385 g/mol. The van der Waals surface area contributed by atoms with Gasteiger partial charge >= 0.3 is 6.03 Å². The van der Waals surface area contributed by atoms with Crippen LogP contribution in [0.5, 0.6) is 0 Å². The number of rotatable bonds is 5. The number of benzene rings is 2. The molecule has 3 fully saturated rings. The highest BCUT2D eigenvalue weighted by Gasteiger charge is 2.71. The van der Waals surface area contributed by atoms with E-state index < -0.39 is 0 Å². The van der Waals surface area contributed by atoms with Crippen molar-refractivity contribution < 1.29 is 18.4 Å².